The molecule has 1 aromatic carbocycles. The zero-order valence-corrected chi connectivity index (χ0v) is 11.8. The van der Waals surface area contributed by atoms with Crippen LogP contribution in [0.3, 0.4) is 0 Å². The monoisotopic (exact) mass is 315 g/mol. The van der Waals surface area contributed by atoms with Crippen molar-refractivity contribution in [3.63, 3.8) is 0 Å². The Bertz CT molecular complexity index is 644. The molecule has 0 unspecified atom stereocenters. The van der Waals surface area contributed by atoms with Gasteiger partial charge >= 0.3 is 5.97 Å². The minimum Gasteiger partial charge on any atom is -0.481 e. The number of hydrogen-bond acceptors (Lipinski definition) is 2. The number of carboxylic acids is 1. The Morgan fingerprint density at radius 1 is 1.11 bits per heavy atom. The van der Waals surface area contributed by atoms with Gasteiger partial charge in [-0.1, -0.05) is 40.9 Å². The number of rotatable bonds is 3. The van der Waals surface area contributed by atoms with Crippen LogP contribution in [-0.2, 0) is 11.2 Å². The van der Waals surface area contributed by atoms with Crippen molar-refractivity contribution in [3.05, 3.63) is 51.2 Å². The molecule has 0 fully saturated rings. The molecule has 19 heavy (non-hydrogen) atoms. The average molecular weight is 317 g/mol. The van der Waals surface area contributed by atoms with E-state index in [9.17, 15) is 4.79 Å². The number of hydrogen-bond donors (Lipinski definition) is 1. The molecule has 2 rings (SSSR count). The fraction of sp³-hybridized carbons (Fsp3) is 0.0769. The molecule has 98 valence electrons. The number of nitrogens with zero attached hydrogens (tertiary/aromatic N) is 1. The van der Waals surface area contributed by atoms with Crippen molar-refractivity contribution in [1.82, 2.24) is 4.98 Å². The van der Waals surface area contributed by atoms with E-state index >= 15 is 0 Å². The largest absolute Gasteiger partial charge is 0.481 e. The molecule has 1 N–H and O–H groups in total. The number of carboxylic acid groups (broad SMARTS) is 1. The average Bonchev–Trinajstić information content (AvgIpc) is 2.32. The highest BCUT2D eigenvalue weighted by Gasteiger charge is 2.12. The number of benzene rings is 1. The molecule has 0 amide bonds. The molecule has 6 heteroatoms. The Kier molecular flexibility index (Phi) is 4.30. The van der Waals surface area contributed by atoms with Gasteiger partial charge in [0.25, 0.3) is 0 Å². The second kappa shape index (κ2) is 5.78. The molecule has 0 radical (unpaired) electrons. The van der Waals surface area contributed by atoms with Gasteiger partial charge in [0.15, 0.2) is 0 Å². The standard InChI is InChI=1S/C13H8Cl3NO2/c14-9-3-1-7(5-10(9)15)8-2-4-12(16)17-11(8)6-13(18)19/h1-5H,6H2,(H,18,19). The lowest BCUT2D eigenvalue weighted by Gasteiger charge is -2.08. The summed E-state index contributed by atoms with van der Waals surface area (Å²) in [5, 5.41) is 9.98. The summed E-state index contributed by atoms with van der Waals surface area (Å²) < 4.78 is 0. The quantitative estimate of drug-likeness (QED) is 0.857. The van der Waals surface area contributed by atoms with Crippen molar-refractivity contribution in [1.29, 1.82) is 0 Å². The SMILES string of the molecule is O=C(O)Cc1nc(Cl)ccc1-c1ccc(Cl)c(Cl)c1. The van der Waals surface area contributed by atoms with Crippen LogP contribution in [0.2, 0.25) is 15.2 Å². The topological polar surface area (TPSA) is 50.2 Å². The van der Waals surface area contributed by atoms with Gasteiger partial charge in [0.05, 0.1) is 22.2 Å². The lowest BCUT2D eigenvalue weighted by Crippen LogP contribution is -2.04. The third-order valence-corrected chi connectivity index (χ3v) is 3.44. The van der Waals surface area contributed by atoms with E-state index in [1.165, 1.54) is 0 Å². The minimum absolute atomic E-state index is 0.212. The molecule has 0 aliphatic rings. The zero-order valence-electron chi connectivity index (χ0n) is 9.53. The molecule has 0 aliphatic heterocycles. The van der Waals surface area contributed by atoms with Crippen LogP contribution in [0.4, 0.5) is 0 Å². The summed E-state index contributed by atoms with van der Waals surface area (Å²) in [6.07, 6.45) is -0.212. The number of carbonyl (C=O) groups is 1. The highest BCUT2D eigenvalue weighted by Crippen LogP contribution is 2.30. The third-order valence-electron chi connectivity index (χ3n) is 2.49. The minimum atomic E-state index is -0.976. The van der Waals surface area contributed by atoms with Crippen molar-refractivity contribution in [2.24, 2.45) is 0 Å². The van der Waals surface area contributed by atoms with Gasteiger partial charge in [-0.25, -0.2) is 4.98 Å². The first-order chi connectivity index (χ1) is 8.97. The molecular formula is C13H8Cl3NO2. The normalized spacial score (nSPS) is 10.5. The van der Waals surface area contributed by atoms with Gasteiger partial charge in [-0.2, -0.15) is 0 Å². The smallest absolute Gasteiger partial charge is 0.309 e. The zero-order chi connectivity index (χ0) is 14.0. The molecule has 0 bridgehead atoms. The van der Waals surface area contributed by atoms with Crippen LogP contribution in [0.25, 0.3) is 11.1 Å². The van der Waals surface area contributed by atoms with Gasteiger partial charge in [-0.05, 0) is 29.8 Å². The van der Waals surface area contributed by atoms with E-state index < -0.39 is 5.97 Å². The first kappa shape index (κ1) is 14.1. The predicted molar refractivity (Wildman–Crippen MR) is 76.0 cm³/mol. The molecule has 0 saturated carbocycles. The van der Waals surface area contributed by atoms with E-state index in [1.807, 2.05) is 0 Å². The Morgan fingerprint density at radius 3 is 2.47 bits per heavy atom. The maximum Gasteiger partial charge on any atom is 0.309 e. The third kappa shape index (κ3) is 3.38. The highest BCUT2D eigenvalue weighted by atomic mass is 35.5. The van der Waals surface area contributed by atoms with Gasteiger partial charge in [0.1, 0.15) is 5.15 Å². The van der Waals surface area contributed by atoms with Crippen LogP contribution in [0, 0.1) is 0 Å². The van der Waals surface area contributed by atoms with E-state index in [0.29, 0.717) is 21.3 Å². The summed E-state index contributed by atoms with van der Waals surface area (Å²) in [5.41, 5.74) is 1.80. The Labute approximate surface area is 124 Å². The number of aromatic nitrogens is 1. The van der Waals surface area contributed by atoms with Gasteiger partial charge in [0.2, 0.25) is 0 Å². The van der Waals surface area contributed by atoms with Crippen LogP contribution >= 0.6 is 34.8 Å². The molecule has 1 aromatic heterocycles. The van der Waals surface area contributed by atoms with E-state index in [4.69, 9.17) is 39.9 Å². The summed E-state index contributed by atoms with van der Waals surface area (Å²) >= 11 is 17.6. The van der Waals surface area contributed by atoms with Crippen molar-refractivity contribution >= 4 is 40.8 Å². The van der Waals surface area contributed by atoms with E-state index in [-0.39, 0.29) is 11.6 Å². The van der Waals surface area contributed by atoms with Crippen LogP contribution in [0.5, 0.6) is 0 Å². The fourth-order valence-electron chi connectivity index (χ4n) is 1.68. The number of halogens is 3. The predicted octanol–water partition coefficient (Wildman–Crippen LogP) is 4.34. The second-order valence-electron chi connectivity index (χ2n) is 3.83. The molecule has 2 aromatic rings. The van der Waals surface area contributed by atoms with Crippen LogP contribution in [0.15, 0.2) is 30.3 Å². The highest BCUT2D eigenvalue weighted by molar-refractivity contribution is 6.42. The Balaban J connectivity index is 2.54. The number of pyridine rings is 1. The van der Waals surface area contributed by atoms with Crippen LogP contribution in [0.1, 0.15) is 5.69 Å². The van der Waals surface area contributed by atoms with E-state index in [2.05, 4.69) is 4.98 Å². The van der Waals surface area contributed by atoms with Crippen molar-refractivity contribution in [2.45, 2.75) is 6.42 Å². The number of aliphatic carboxylic acids is 1. The van der Waals surface area contributed by atoms with Gasteiger partial charge in [0, 0.05) is 5.56 Å². The van der Waals surface area contributed by atoms with E-state index in [0.717, 1.165) is 5.56 Å². The molecule has 0 spiro atoms. The molecule has 0 atom stereocenters. The van der Waals surface area contributed by atoms with E-state index in [1.54, 1.807) is 30.3 Å². The fourth-order valence-corrected chi connectivity index (χ4v) is 2.14. The molecule has 3 nitrogen and oxygen atoms in total. The van der Waals surface area contributed by atoms with Crippen molar-refractivity contribution in [3.8, 4) is 11.1 Å². The second-order valence-corrected chi connectivity index (χ2v) is 5.03. The van der Waals surface area contributed by atoms with Gasteiger partial charge < -0.3 is 5.11 Å². The van der Waals surface area contributed by atoms with Crippen LogP contribution in [-0.4, -0.2) is 16.1 Å². The lowest BCUT2D eigenvalue weighted by molar-refractivity contribution is -0.136. The molecule has 0 saturated heterocycles. The first-order valence-corrected chi connectivity index (χ1v) is 6.43. The summed E-state index contributed by atoms with van der Waals surface area (Å²) in [7, 11) is 0. The lowest BCUT2D eigenvalue weighted by atomic mass is 10.0. The summed E-state index contributed by atoms with van der Waals surface area (Å²) in [4.78, 5) is 14.9. The summed E-state index contributed by atoms with van der Waals surface area (Å²) in [5.74, 6) is -0.976. The molecule has 0 aliphatic carbocycles. The maximum atomic E-state index is 10.9. The summed E-state index contributed by atoms with van der Waals surface area (Å²) in [6, 6.07) is 8.39. The maximum absolute atomic E-state index is 10.9. The molecular weight excluding hydrogens is 309 g/mol. The van der Waals surface area contributed by atoms with Crippen molar-refractivity contribution < 1.29 is 9.90 Å². The van der Waals surface area contributed by atoms with Gasteiger partial charge in [-0.15, -0.1) is 0 Å². The van der Waals surface area contributed by atoms with Gasteiger partial charge in [-0.3, -0.25) is 4.79 Å². The Morgan fingerprint density at radius 2 is 1.84 bits per heavy atom. The molecule has 1 heterocycles. The van der Waals surface area contributed by atoms with Crippen LogP contribution < -0.4 is 0 Å². The summed E-state index contributed by atoms with van der Waals surface area (Å²) in [6.45, 7) is 0. The first-order valence-electron chi connectivity index (χ1n) is 5.30. The van der Waals surface area contributed by atoms with Crippen molar-refractivity contribution in [2.75, 3.05) is 0 Å². The Hall–Kier alpha value is -1.29.